The number of benzene rings is 2. The number of anilines is 1. The Bertz CT molecular complexity index is 1100. The lowest BCUT2D eigenvalue weighted by Crippen LogP contribution is -2.54. The summed E-state index contributed by atoms with van der Waals surface area (Å²) >= 11 is 0. The van der Waals surface area contributed by atoms with Crippen LogP contribution >= 0.6 is 0 Å². The van der Waals surface area contributed by atoms with Gasteiger partial charge in [0.05, 0.1) is 16.4 Å². The van der Waals surface area contributed by atoms with Gasteiger partial charge in [0.1, 0.15) is 0 Å². The standard InChI is InChI=1S/C19H15FN4O4/c20-15-6-5-12(7-17(15)24(27)28)22-18(25)11-9-23(10-11)19(26)14-8-21-16-4-2-1-3-13(14)16/h1-8,11,21H,9-10H2,(H,22,25). The Morgan fingerprint density at radius 1 is 1.21 bits per heavy atom. The molecule has 9 heteroatoms. The molecule has 0 spiro atoms. The number of aromatic amines is 1. The van der Waals surface area contributed by atoms with Gasteiger partial charge in [-0.2, -0.15) is 4.39 Å². The number of amides is 2. The average molecular weight is 382 g/mol. The molecule has 1 aliphatic heterocycles. The predicted molar refractivity (Wildman–Crippen MR) is 99.4 cm³/mol. The summed E-state index contributed by atoms with van der Waals surface area (Å²) < 4.78 is 13.4. The highest BCUT2D eigenvalue weighted by Crippen LogP contribution is 2.26. The van der Waals surface area contributed by atoms with E-state index < -0.39 is 22.3 Å². The van der Waals surface area contributed by atoms with Crippen molar-refractivity contribution in [2.75, 3.05) is 18.4 Å². The van der Waals surface area contributed by atoms with E-state index in [-0.39, 0.29) is 30.6 Å². The number of H-pyrrole nitrogens is 1. The van der Waals surface area contributed by atoms with E-state index in [1.165, 1.54) is 6.07 Å². The number of fused-ring (bicyclic) bond motifs is 1. The van der Waals surface area contributed by atoms with Crippen LogP contribution in [0.4, 0.5) is 15.8 Å². The lowest BCUT2D eigenvalue weighted by Gasteiger charge is -2.38. The van der Waals surface area contributed by atoms with Crippen LogP contribution in [0.5, 0.6) is 0 Å². The first kappa shape index (κ1) is 17.7. The van der Waals surface area contributed by atoms with Gasteiger partial charge < -0.3 is 15.2 Å². The Hall–Kier alpha value is -3.75. The molecule has 2 amide bonds. The number of likely N-dealkylation sites (tertiary alicyclic amines) is 1. The minimum atomic E-state index is -0.970. The maximum atomic E-state index is 13.4. The van der Waals surface area contributed by atoms with Crippen LogP contribution in [0.2, 0.25) is 0 Å². The van der Waals surface area contributed by atoms with Crippen LogP contribution in [-0.2, 0) is 4.79 Å². The molecule has 0 aliphatic carbocycles. The minimum Gasteiger partial charge on any atom is -0.360 e. The highest BCUT2D eigenvalue weighted by atomic mass is 19.1. The summed E-state index contributed by atoms with van der Waals surface area (Å²) in [4.78, 5) is 39.5. The molecule has 2 aromatic carbocycles. The molecule has 0 bridgehead atoms. The van der Waals surface area contributed by atoms with Crippen molar-refractivity contribution < 1.29 is 18.9 Å². The SMILES string of the molecule is O=C(Nc1ccc(F)c([N+](=O)[O-])c1)C1CN(C(=O)c2c[nH]c3ccccc23)C1. The van der Waals surface area contributed by atoms with Crippen LogP contribution in [0.15, 0.2) is 48.7 Å². The number of nitro groups is 1. The van der Waals surface area contributed by atoms with E-state index in [0.29, 0.717) is 5.56 Å². The average Bonchev–Trinajstić information content (AvgIpc) is 3.06. The predicted octanol–water partition coefficient (Wildman–Crippen LogP) is 2.93. The Morgan fingerprint density at radius 2 is 1.96 bits per heavy atom. The molecule has 28 heavy (non-hydrogen) atoms. The van der Waals surface area contributed by atoms with Crippen molar-refractivity contribution in [3.8, 4) is 0 Å². The summed E-state index contributed by atoms with van der Waals surface area (Å²) in [5.41, 5.74) is 0.837. The highest BCUT2D eigenvalue weighted by molar-refractivity contribution is 6.07. The van der Waals surface area contributed by atoms with Crippen LogP contribution in [0.3, 0.4) is 0 Å². The Kier molecular flexibility index (Phi) is 4.26. The normalized spacial score (nSPS) is 14.0. The van der Waals surface area contributed by atoms with Gasteiger partial charge >= 0.3 is 5.69 Å². The van der Waals surface area contributed by atoms with Crippen molar-refractivity contribution in [3.05, 3.63) is 70.2 Å². The molecule has 142 valence electrons. The summed E-state index contributed by atoms with van der Waals surface area (Å²) in [7, 11) is 0. The van der Waals surface area contributed by atoms with Gasteiger partial charge in [0.15, 0.2) is 0 Å². The number of nitrogens with one attached hydrogen (secondary N) is 2. The van der Waals surface area contributed by atoms with Crippen molar-refractivity contribution in [2.24, 2.45) is 5.92 Å². The third kappa shape index (κ3) is 3.07. The highest BCUT2D eigenvalue weighted by Gasteiger charge is 2.36. The molecule has 1 aliphatic rings. The molecule has 8 nitrogen and oxygen atoms in total. The van der Waals surface area contributed by atoms with Gasteiger partial charge in [0.25, 0.3) is 5.91 Å². The van der Waals surface area contributed by atoms with Gasteiger partial charge in [-0.25, -0.2) is 0 Å². The summed E-state index contributed by atoms with van der Waals surface area (Å²) in [5, 5.41) is 14.1. The van der Waals surface area contributed by atoms with Gasteiger partial charge in [0, 0.05) is 41.9 Å². The quantitative estimate of drug-likeness (QED) is 0.534. The zero-order valence-corrected chi connectivity index (χ0v) is 14.5. The van der Waals surface area contributed by atoms with Crippen LogP contribution in [0.1, 0.15) is 10.4 Å². The third-order valence-electron chi connectivity index (χ3n) is 4.77. The first-order valence-corrected chi connectivity index (χ1v) is 8.54. The number of para-hydroxylation sites is 1. The topological polar surface area (TPSA) is 108 Å². The minimum absolute atomic E-state index is 0.138. The van der Waals surface area contributed by atoms with E-state index in [4.69, 9.17) is 0 Å². The summed E-state index contributed by atoms with van der Waals surface area (Å²) in [5.74, 6) is -1.94. The molecule has 4 rings (SSSR count). The second kappa shape index (κ2) is 6.76. The fraction of sp³-hybridized carbons (Fsp3) is 0.158. The largest absolute Gasteiger partial charge is 0.360 e. The van der Waals surface area contributed by atoms with Crippen molar-refractivity contribution in [3.63, 3.8) is 0 Å². The van der Waals surface area contributed by atoms with Crippen molar-refractivity contribution in [1.29, 1.82) is 0 Å². The molecule has 1 fully saturated rings. The molecule has 1 aromatic heterocycles. The maximum Gasteiger partial charge on any atom is 0.306 e. The zero-order valence-electron chi connectivity index (χ0n) is 14.5. The molecule has 0 atom stereocenters. The number of hydrogen-bond donors (Lipinski definition) is 2. The smallest absolute Gasteiger partial charge is 0.306 e. The van der Waals surface area contributed by atoms with Crippen LogP contribution < -0.4 is 5.32 Å². The van der Waals surface area contributed by atoms with E-state index in [9.17, 15) is 24.1 Å². The first-order valence-electron chi connectivity index (χ1n) is 8.54. The number of aromatic nitrogens is 1. The maximum absolute atomic E-state index is 13.4. The lowest BCUT2D eigenvalue weighted by molar-refractivity contribution is -0.387. The van der Waals surface area contributed by atoms with E-state index in [0.717, 1.165) is 23.0 Å². The zero-order chi connectivity index (χ0) is 19.8. The van der Waals surface area contributed by atoms with E-state index in [1.54, 1.807) is 11.1 Å². The second-order valence-electron chi connectivity index (χ2n) is 6.57. The molecule has 3 aromatic rings. The van der Waals surface area contributed by atoms with Crippen LogP contribution in [0.25, 0.3) is 10.9 Å². The molecule has 0 saturated carbocycles. The van der Waals surface area contributed by atoms with E-state index >= 15 is 0 Å². The molecule has 1 saturated heterocycles. The lowest BCUT2D eigenvalue weighted by atomic mass is 9.97. The van der Waals surface area contributed by atoms with Gasteiger partial charge in [-0.3, -0.25) is 19.7 Å². The van der Waals surface area contributed by atoms with Gasteiger partial charge in [-0.15, -0.1) is 0 Å². The van der Waals surface area contributed by atoms with Crippen molar-refractivity contribution in [2.45, 2.75) is 0 Å². The monoisotopic (exact) mass is 382 g/mol. The van der Waals surface area contributed by atoms with E-state index in [2.05, 4.69) is 10.3 Å². The van der Waals surface area contributed by atoms with Crippen LogP contribution in [-0.4, -0.2) is 39.7 Å². The molecule has 2 N–H and O–H groups in total. The summed E-state index contributed by atoms with van der Waals surface area (Å²) in [6.07, 6.45) is 1.65. The molecular formula is C19H15FN4O4. The Balaban J connectivity index is 1.40. The van der Waals surface area contributed by atoms with E-state index in [1.807, 2.05) is 24.3 Å². The fourth-order valence-corrected chi connectivity index (χ4v) is 3.20. The number of rotatable bonds is 4. The van der Waals surface area contributed by atoms with Gasteiger partial charge in [-0.05, 0) is 18.2 Å². The number of carbonyl (C=O) groups is 2. The van der Waals surface area contributed by atoms with Crippen LogP contribution in [0, 0.1) is 21.8 Å². The van der Waals surface area contributed by atoms with Gasteiger partial charge in [-0.1, -0.05) is 18.2 Å². The number of nitrogens with zero attached hydrogens (tertiary/aromatic N) is 2. The molecule has 2 heterocycles. The number of hydrogen-bond acceptors (Lipinski definition) is 4. The summed E-state index contributed by atoms with van der Waals surface area (Å²) in [6.45, 7) is 0.487. The molecule has 0 radical (unpaired) electrons. The number of nitro benzene ring substituents is 1. The Labute approximate surface area is 158 Å². The molecule has 0 unspecified atom stereocenters. The summed E-state index contributed by atoms with van der Waals surface area (Å²) in [6, 6.07) is 10.6. The fourth-order valence-electron chi connectivity index (χ4n) is 3.20. The van der Waals surface area contributed by atoms with Gasteiger partial charge in [0.2, 0.25) is 11.7 Å². The molecular weight excluding hydrogens is 367 g/mol. The second-order valence-corrected chi connectivity index (χ2v) is 6.57. The van der Waals surface area contributed by atoms with Crippen molar-refractivity contribution >= 4 is 34.1 Å². The third-order valence-corrected chi connectivity index (χ3v) is 4.77. The number of carbonyl (C=O) groups excluding carboxylic acids is 2. The van der Waals surface area contributed by atoms with Crippen molar-refractivity contribution in [1.82, 2.24) is 9.88 Å². The number of halogens is 1. The Morgan fingerprint density at radius 3 is 2.71 bits per heavy atom. The first-order chi connectivity index (χ1) is 13.4.